The summed E-state index contributed by atoms with van der Waals surface area (Å²) < 4.78 is 0. The number of benzene rings is 5. The minimum Gasteiger partial charge on any atom is -0.294 e. The molecule has 2 aliphatic rings. The number of fused-ring (bicyclic) bond motifs is 2. The Balaban J connectivity index is 1.82. The number of carbonyl (C=O) groups excluding carboxylic acids is 4. The van der Waals surface area contributed by atoms with Crippen molar-refractivity contribution in [2.45, 2.75) is 12.8 Å². The summed E-state index contributed by atoms with van der Waals surface area (Å²) in [6, 6.07) is 14.9. The molecule has 0 spiro atoms. The second kappa shape index (κ2) is 4.97. The topological polar surface area (TPSA) is 68.3 Å². The molecule has 0 fully saturated rings. The van der Waals surface area contributed by atoms with Crippen molar-refractivity contribution in [2.24, 2.45) is 0 Å². The first-order chi connectivity index (χ1) is 14.5. The Morgan fingerprint density at radius 3 is 0.900 bits per heavy atom. The smallest absolute Gasteiger partial charge is 0.171 e. The van der Waals surface area contributed by atoms with Gasteiger partial charge in [-0.15, -0.1) is 0 Å². The number of rotatable bonds is 0. The van der Waals surface area contributed by atoms with Crippen LogP contribution in [0, 0.1) is 0 Å². The van der Waals surface area contributed by atoms with E-state index in [2.05, 4.69) is 0 Å². The lowest BCUT2D eigenvalue weighted by Gasteiger charge is -2.23. The number of hydrogen-bond acceptors (Lipinski definition) is 4. The molecule has 0 saturated heterocycles. The molecule has 4 heteroatoms. The molecule has 0 radical (unpaired) electrons. The molecule has 5 aromatic carbocycles. The Morgan fingerprint density at radius 2 is 0.633 bits per heavy atom. The van der Waals surface area contributed by atoms with Gasteiger partial charge in [0.25, 0.3) is 0 Å². The van der Waals surface area contributed by atoms with Crippen molar-refractivity contribution in [1.29, 1.82) is 0 Å². The first-order valence-corrected chi connectivity index (χ1v) is 9.87. The van der Waals surface area contributed by atoms with Crippen molar-refractivity contribution in [3.8, 4) is 0 Å². The third kappa shape index (κ3) is 1.65. The lowest BCUT2D eigenvalue weighted by atomic mass is 9.79. The van der Waals surface area contributed by atoms with Crippen LogP contribution < -0.4 is 0 Å². The van der Waals surface area contributed by atoms with Crippen molar-refractivity contribution in [3.63, 3.8) is 0 Å². The summed E-state index contributed by atoms with van der Waals surface area (Å²) in [5.41, 5.74) is 2.35. The van der Waals surface area contributed by atoms with Crippen molar-refractivity contribution in [3.05, 3.63) is 70.8 Å². The highest BCUT2D eigenvalue weighted by molar-refractivity contribution is 6.41. The molecule has 7 rings (SSSR count). The van der Waals surface area contributed by atoms with Gasteiger partial charge in [0.05, 0.1) is 12.8 Å². The van der Waals surface area contributed by atoms with Gasteiger partial charge in [0.15, 0.2) is 23.1 Å². The van der Waals surface area contributed by atoms with E-state index >= 15 is 0 Å². The zero-order valence-corrected chi connectivity index (χ0v) is 15.7. The Labute approximate surface area is 169 Å². The maximum Gasteiger partial charge on any atom is 0.171 e. The minimum atomic E-state index is -0.150. The van der Waals surface area contributed by atoms with Crippen LogP contribution in [0.5, 0.6) is 0 Å². The van der Waals surface area contributed by atoms with Gasteiger partial charge in [-0.1, -0.05) is 48.5 Å². The summed E-state index contributed by atoms with van der Waals surface area (Å²) in [5.74, 6) is -0.598. The molecule has 140 valence electrons. The monoisotopic (exact) mass is 388 g/mol. The van der Waals surface area contributed by atoms with Gasteiger partial charge in [-0.2, -0.15) is 0 Å². The summed E-state index contributed by atoms with van der Waals surface area (Å²) in [7, 11) is 0. The maximum atomic E-state index is 12.6. The molecule has 0 amide bonds. The van der Waals surface area contributed by atoms with E-state index in [1.807, 2.05) is 24.3 Å². The fraction of sp³-hybridized carbons (Fsp3) is 0.0769. The van der Waals surface area contributed by atoms with E-state index < -0.39 is 0 Å². The third-order valence-electron chi connectivity index (χ3n) is 6.75. The largest absolute Gasteiger partial charge is 0.294 e. The molecule has 30 heavy (non-hydrogen) atoms. The van der Waals surface area contributed by atoms with Gasteiger partial charge in [-0.05, 0) is 32.3 Å². The quantitative estimate of drug-likeness (QED) is 0.206. The normalized spacial score (nSPS) is 16.0. The van der Waals surface area contributed by atoms with Crippen LogP contribution in [-0.4, -0.2) is 23.1 Å². The first-order valence-electron chi connectivity index (χ1n) is 9.87. The van der Waals surface area contributed by atoms with Gasteiger partial charge in [-0.3, -0.25) is 19.2 Å². The van der Waals surface area contributed by atoms with Crippen LogP contribution in [0.4, 0.5) is 0 Å². The lowest BCUT2D eigenvalue weighted by Crippen LogP contribution is -2.17. The summed E-state index contributed by atoms with van der Waals surface area (Å²) in [6.45, 7) is 0. The molecule has 0 N–H and O–H groups in total. The number of ketones is 4. The Morgan fingerprint density at radius 1 is 0.367 bits per heavy atom. The SMILES string of the molecule is O=C1CC(=O)c2ccc3c4ccc5c6c(ccc(c7ccc1c2c73)c64)C(=O)CC5=O. The number of Topliss-reactive ketones (excluding diaryl/α,β-unsaturated/α-hetero) is 4. The van der Waals surface area contributed by atoms with Gasteiger partial charge in [0, 0.05) is 33.0 Å². The van der Waals surface area contributed by atoms with E-state index in [-0.39, 0.29) is 36.0 Å². The lowest BCUT2D eigenvalue weighted by molar-refractivity contribution is 0.0874. The van der Waals surface area contributed by atoms with Crippen LogP contribution in [0.25, 0.3) is 43.1 Å². The van der Waals surface area contributed by atoms with Gasteiger partial charge >= 0.3 is 0 Å². The van der Waals surface area contributed by atoms with Crippen LogP contribution in [0.1, 0.15) is 54.3 Å². The average Bonchev–Trinajstić information content (AvgIpc) is 2.74. The summed E-state index contributed by atoms with van der Waals surface area (Å²) >= 11 is 0. The number of carbonyl (C=O) groups is 4. The minimum absolute atomic E-state index is 0.0933. The molecule has 0 heterocycles. The molecule has 0 aliphatic heterocycles. The standard InChI is InChI=1S/C26H12O4/c27-19-9-20(28)16-7-3-13-14-4-8-18-22(30)10-21(29)17-6-2-12(24(14)26(17)18)11-1-5-15(19)25(16)23(11)13/h1-8H,9-10H2. The second-order valence-electron chi connectivity index (χ2n) is 8.19. The van der Waals surface area contributed by atoms with Crippen molar-refractivity contribution >= 4 is 66.2 Å². The summed E-state index contributed by atoms with van der Waals surface area (Å²) in [4.78, 5) is 50.2. The molecule has 0 saturated carbocycles. The molecular weight excluding hydrogens is 376 g/mol. The van der Waals surface area contributed by atoms with Gasteiger partial charge in [0.2, 0.25) is 0 Å². The first kappa shape index (κ1) is 15.9. The van der Waals surface area contributed by atoms with Crippen molar-refractivity contribution in [2.75, 3.05) is 0 Å². The molecule has 0 atom stereocenters. The average molecular weight is 388 g/mol. The van der Waals surface area contributed by atoms with E-state index in [4.69, 9.17) is 0 Å². The highest BCUT2D eigenvalue weighted by Crippen LogP contribution is 2.45. The Kier molecular flexibility index (Phi) is 2.64. The Hall–Kier alpha value is -3.92. The fourth-order valence-corrected chi connectivity index (χ4v) is 5.49. The van der Waals surface area contributed by atoms with Crippen LogP contribution >= 0.6 is 0 Å². The van der Waals surface area contributed by atoms with Gasteiger partial charge in [-0.25, -0.2) is 0 Å². The third-order valence-corrected chi connectivity index (χ3v) is 6.75. The molecule has 4 nitrogen and oxygen atoms in total. The van der Waals surface area contributed by atoms with Crippen LogP contribution in [0.3, 0.4) is 0 Å². The van der Waals surface area contributed by atoms with Crippen molar-refractivity contribution < 1.29 is 19.2 Å². The van der Waals surface area contributed by atoms with E-state index in [0.29, 0.717) is 22.3 Å². The highest BCUT2D eigenvalue weighted by atomic mass is 16.2. The van der Waals surface area contributed by atoms with E-state index in [1.54, 1.807) is 24.3 Å². The zero-order chi connectivity index (χ0) is 20.3. The molecule has 5 aromatic rings. The predicted molar refractivity (Wildman–Crippen MR) is 114 cm³/mol. The maximum absolute atomic E-state index is 12.6. The zero-order valence-electron chi connectivity index (χ0n) is 15.7. The molecule has 0 bridgehead atoms. The van der Waals surface area contributed by atoms with E-state index in [9.17, 15) is 19.2 Å². The van der Waals surface area contributed by atoms with E-state index in [0.717, 1.165) is 43.1 Å². The van der Waals surface area contributed by atoms with Crippen LogP contribution in [-0.2, 0) is 0 Å². The Bertz CT molecular complexity index is 1460. The van der Waals surface area contributed by atoms with Gasteiger partial charge in [0.1, 0.15) is 0 Å². The molecular formula is C26H12O4. The summed E-state index contributed by atoms with van der Waals surface area (Å²) in [5, 5.41) is 6.94. The van der Waals surface area contributed by atoms with Gasteiger partial charge < -0.3 is 0 Å². The van der Waals surface area contributed by atoms with Crippen LogP contribution in [0.2, 0.25) is 0 Å². The fourth-order valence-electron chi connectivity index (χ4n) is 5.49. The highest BCUT2D eigenvalue weighted by Gasteiger charge is 2.30. The van der Waals surface area contributed by atoms with Crippen molar-refractivity contribution in [1.82, 2.24) is 0 Å². The summed E-state index contributed by atoms with van der Waals surface area (Å²) in [6.07, 6.45) is -0.187. The molecule has 0 aromatic heterocycles. The second-order valence-corrected chi connectivity index (χ2v) is 8.19. The van der Waals surface area contributed by atoms with E-state index in [1.165, 1.54) is 0 Å². The van der Waals surface area contributed by atoms with Crippen LogP contribution in [0.15, 0.2) is 48.5 Å². The predicted octanol–water partition coefficient (Wildman–Crippen LogP) is 5.28. The number of hydrogen-bond donors (Lipinski definition) is 0. The molecule has 2 aliphatic carbocycles. The molecule has 0 unspecified atom stereocenters.